The summed E-state index contributed by atoms with van der Waals surface area (Å²) >= 11 is 6.30. The average Bonchev–Trinajstić information content (AvgIpc) is 3.29. The van der Waals surface area contributed by atoms with Crippen LogP contribution in [0.2, 0.25) is 5.02 Å². The molecular formula is C16H16ClN7O. The van der Waals surface area contributed by atoms with Crippen LogP contribution in [0.1, 0.15) is 24.4 Å². The molecule has 0 radical (unpaired) electrons. The Morgan fingerprint density at radius 3 is 3.00 bits per heavy atom. The number of nitrogens with one attached hydrogen (secondary N) is 2. The Kier molecular flexibility index (Phi) is 3.96. The summed E-state index contributed by atoms with van der Waals surface area (Å²) in [5, 5.41) is 15.0. The molecule has 1 amide bonds. The summed E-state index contributed by atoms with van der Waals surface area (Å²) in [6.45, 7) is 1.91. The fourth-order valence-electron chi connectivity index (χ4n) is 2.92. The van der Waals surface area contributed by atoms with Crippen molar-refractivity contribution < 1.29 is 4.79 Å². The number of hydrogen-bond acceptors (Lipinski definition) is 5. The van der Waals surface area contributed by atoms with Crippen molar-refractivity contribution in [3.05, 3.63) is 41.1 Å². The maximum absolute atomic E-state index is 11.5. The molecule has 8 nitrogen and oxygen atoms in total. The highest BCUT2D eigenvalue weighted by Gasteiger charge is 2.25. The lowest BCUT2D eigenvalue weighted by molar-refractivity contribution is -0.119. The van der Waals surface area contributed by atoms with Gasteiger partial charge in [-0.25, -0.2) is 9.97 Å². The Bertz CT molecular complexity index is 932. The lowest BCUT2D eigenvalue weighted by Gasteiger charge is -2.10. The van der Waals surface area contributed by atoms with Gasteiger partial charge in [-0.15, -0.1) is 5.10 Å². The second-order valence-electron chi connectivity index (χ2n) is 5.99. The summed E-state index contributed by atoms with van der Waals surface area (Å²) in [6, 6.07) is 3.56. The van der Waals surface area contributed by atoms with Crippen LogP contribution in [0.25, 0.3) is 17.2 Å². The van der Waals surface area contributed by atoms with E-state index in [1.165, 1.54) is 0 Å². The molecule has 0 aliphatic carbocycles. The lowest BCUT2D eigenvalue weighted by atomic mass is 10.1. The zero-order valence-corrected chi connectivity index (χ0v) is 14.3. The number of pyridine rings is 1. The van der Waals surface area contributed by atoms with Crippen LogP contribution in [-0.2, 0) is 11.2 Å². The van der Waals surface area contributed by atoms with Gasteiger partial charge in [0.05, 0.1) is 16.8 Å². The molecule has 4 rings (SSSR count). The first-order valence-electron chi connectivity index (χ1n) is 7.98. The molecule has 9 heteroatoms. The Labute approximate surface area is 148 Å². The molecule has 0 aromatic carbocycles. The molecule has 128 valence electrons. The molecule has 1 fully saturated rings. The van der Waals surface area contributed by atoms with E-state index in [9.17, 15) is 4.79 Å². The first-order chi connectivity index (χ1) is 12.1. The van der Waals surface area contributed by atoms with E-state index in [4.69, 9.17) is 11.6 Å². The Morgan fingerprint density at radius 1 is 1.44 bits per heavy atom. The molecule has 1 aliphatic rings. The minimum atomic E-state index is 0.0382. The van der Waals surface area contributed by atoms with Crippen LogP contribution < -0.4 is 5.32 Å². The molecule has 1 saturated heterocycles. The molecule has 3 aromatic heterocycles. The van der Waals surface area contributed by atoms with Crippen molar-refractivity contribution in [3.8, 4) is 17.2 Å². The quantitative estimate of drug-likeness (QED) is 0.741. The lowest BCUT2D eigenvalue weighted by Crippen LogP contribution is -2.28. The van der Waals surface area contributed by atoms with Crippen molar-refractivity contribution in [2.24, 2.45) is 0 Å². The van der Waals surface area contributed by atoms with Crippen molar-refractivity contribution in [2.45, 2.75) is 32.2 Å². The third-order valence-electron chi connectivity index (χ3n) is 4.20. The standard InChI is InChI=1S/C16H16ClN7O/c1-9-11(8-19-22-9)15-21-13(7-10-4-5-14(25)20-10)24(23-15)16-12(17)3-2-6-18-16/h2-3,6,8,10H,4-5,7H2,1H3,(H,19,22)(H,20,25)/t10-/m1/s1. The maximum Gasteiger partial charge on any atom is 0.220 e. The number of hydrogen-bond donors (Lipinski definition) is 2. The van der Waals surface area contributed by atoms with Crippen LogP contribution in [0, 0.1) is 6.92 Å². The number of H-pyrrole nitrogens is 1. The first kappa shape index (κ1) is 15.8. The van der Waals surface area contributed by atoms with Gasteiger partial charge < -0.3 is 5.32 Å². The number of carbonyl (C=O) groups excluding carboxylic acids is 1. The minimum absolute atomic E-state index is 0.0382. The van der Waals surface area contributed by atoms with E-state index in [1.54, 1.807) is 29.2 Å². The topological polar surface area (TPSA) is 101 Å². The predicted molar refractivity (Wildman–Crippen MR) is 91.4 cm³/mol. The summed E-state index contributed by atoms with van der Waals surface area (Å²) in [7, 11) is 0. The van der Waals surface area contributed by atoms with E-state index < -0.39 is 0 Å². The molecule has 3 aromatic rings. The first-order valence-corrected chi connectivity index (χ1v) is 8.36. The van der Waals surface area contributed by atoms with Gasteiger partial charge in [0.1, 0.15) is 5.82 Å². The van der Waals surface area contributed by atoms with E-state index >= 15 is 0 Å². The van der Waals surface area contributed by atoms with Crippen LogP contribution in [0.3, 0.4) is 0 Å². The normalized spacial score (nSPS) is 17.0. The molecule has 0 unspecified atom stereocenters. The number of aryl methyl sites for hydroxylation is 1. The zero-order chi connectivity index (χ0) is 17.4. The van der Waals surface area contributed by atoms with Gasteiger partial charge in [-0.1, -0.05) is 11.6 Å². The van der Waals surface area contributed by atoms with Crippen LogP contribution in [0.4, 0.5) is 0 Å². The van der Waals surface area contributed by atoms with E-state index in [-0.39, 0.29) is 11.9 Å². The fraction of sp³-hybridized carbons (Fsp3) is 0.312. The molecule has 1 aliphatic heterocycles. The number of halogens is 1. The summed E-state index contributed by atoms with van der Waals surface area (Å²) in [6.07, 6.45) is 5.23. The molecule has 0 saturated carbocycles. The smallest absolute Gasteiger partial charge is 0.220 e. The van der Waals surface area contributed by atoms with Crippen molar-refractivity contribution >= 4 is 17.5 Å². The minimum Gasteiger partial charge on any atom is -0.353 e. The second-order valence-corrected chi connectivity index (χ2v) is 6.40. The van der Waals surface area contributed by atoms with Crippen molar-refractivity contribution in [3.63, 3.8) is 0 Å². The number of aromatic nitrogens is 6. The average molecular weight is 358 g/mol. The number of nitrogens with zero attached hydrogens (tertiary/aromatic N) is 5. The second kappa shape index (κ2) is 6.29. The fourth-order valence-corrected chi connectivity index (χ4v) is 3.12. The largest absolute Gasteiger partial charge is 0.353 e. The van der Waals surface area contributed by atoms with E-state index in [0.29, 0.717) is 35.3 Å². The van der Waals surface area contributed by atoms with Crippen LogP contribution in [0.5, 0.6) is 0 Å². The van der Waals surface area contributed by atoms with Gasteiger partial charge in [-0.2, -0.15) is 9.78 Å². The highest BCUT2D eigenvalue weighted by molar-refractivity contribution is 6.32. The third-order valence-corrected chi connectivity index (χ3v) is 4.49. The van der Waals surface area contributed by atoms with Gasteiger partial charge in [-0.05, 0) is 25.5 Å². The maximum atomic E-state index is 11.5. The van der Waals surface area contributed by atoms with Gasteiger partial charge >= 0.3 is 0 Å². The highest BCUT2D eigenvalue weighted by Crippen LogP contribution is 2.24. The number of carbonyl (C=O) groups is 1. The molecule has 1 atom stereocenters. The third kappa shape index (κ3) is 3.00. The van der Waals surface area contributed by atoms with Crippen LogP contribution in [-0.4, -0.2) is 41.9 Å². The van der Waals surface area contributed by atoms with E-state index in [2.05, 4.69) is 30.6 Å². The Morgan fingerprint density at radius 2 is 2.32 bits per heavy atom. The van der Waals surface area contributed by atoms with Gasteiger partial charge in [0.25, 0.3) is 0 Å². The monoisotopic (exact) mass is 357 g/mol. The highest BCUT2D eigenvalue weighted by atomic mass is 35.5. The van der Waals surface area contributed by atoms with Crippen molar-refractivity contribution in [1.29, 1.82) is 0 Å². The van der Waals surface area contributed by atoms with Gasteiger partial charge in [-0.3, -0.25) is 9.89 Å². The molecular weight excluding hydrogens is 342 g/mol. The summed E-state index contributed by atoms with van der Waals surface area (Å²) in [5.41, 5.74) is 1.70. The van der Waals surface area contributed by atoms with Crippen molar-refractivity contribution in [1.82, 2.24) is 35.3 Å². The van der Waals surface area contributed by atoms with Crippen LogP contribution in [0.15, 0.2) is 24.5 Å². The molecule has 4 heterocycles. The van der Waals surface area contributed by atoms with Crippen molar-refractivity contribution in [2.75, 3.05) is 0 Å². The molecule has 0 bridgehead atoms. The summed E-state index contributed by atoms with van der Waals surface area (Å²) < 4.78 is 1.65. The summed E-state index contributed by atoms with van der Waals surface area (Å²) in [4.78, 5) is 20.5. The molecule has 2 N–H and O–H groups in total. The number of aromatic amines is 1. The molecule has 25 heavy (non-hydrogen) atoms. The van der Waals surface area contributed by atoms with E-state index in [1.807, 2.05) is 6.92 Å². The number of rotatable bonds is 4. The van der Waals surface area contributed by atoms with E-state index in [0.717, 1.165) is 17.7 Å². The van der Waals surface area contributed by atoms with Gasteiger partial charge in [0.15, 0.2) is 11.6 Å². The SMILES string of the molecule is Cc1[nH]ncc1-c1nc(C[C@H]2CCC(=O)N2)n(-c2ncccc2Cl)n1. The predicted octanol–water partition coefficient (Wildman–Crippen LogP) is 1.84. The van der Waals surface area contributed by atoms with Gasteiger partial charge in [0, 0.05) is 30.8 Å². The Balaban J connectivity index is 1.77. The summed E-state index contributed by atoms with van der Waals surface area (Å²) in [5.74, 6) is 1.83. The molecule has 0 spiro atoms. The Hall–Kier alpha value is -2.74. The zero-order valence-electron chi connectivity index (χ0n) is 13.5. The van der Waals surface area contributed by atoms with Crippen LogP contribution >= 0.6 is 11.6 Å². The number of amides is 1. The van der Waals surface area contributed by atoms with Gasteiger partial charge in [0.2, 0.25) is 5.91 Å².